The third-order valence-corrected chi connectivity index (χ3v) is 8.73. The van der Waals surface area contributed by atoms with Gasteiger partial charge >= 0.3 is 6.18 Å². The molecule has 1 N–H and O–H groups in total. The van der Waals surface area contributed by atoms with Gasteiger partial charge < -0.3 is 5.32 Å². The smallest absolute Gasteiger partial charge is 0.309 e. The third-order valence-electron chi connectivity index (χ3n) is 8.50. The lowest BCUT2D eigenvalue weighted by Crippen LogP contribution is -2.48. The first-order valence-corrected chi connectivity index (χ1v) is 11.8. The summed E-state index contributed by atoms with van der Waals surface area (Å²) < 4.78 is 39.1. The molecule has 166 valence electrons. The second-order valence-corrected chi connectivity index (χ2v) is 10.4. The first-order valence-electron chi connectivity index (χ1n) is 11.4. The number of hydrogen-bond donors (Lipinski definition) is 1. The monoisotopic (exact) mass is 447 g/mol. The van der Waals surface area contributed by atoms with Crippen LogP contribution in [0.4, 0.5) is 13.2 Å². The van der Waals surface area contributed by atoms with Crippen LogP contribution in [0.5, 0.6) is 0 Å². The predicted molar refractivity (Wildman–Crippen MR) is 118 cm³/mol. The molecule has 2 saturated carbocycles. The Hall–Kier alpha value is -1.52. The molecule has 0 bridgehead atoms. The standard InChI is InChI=1S/C26H29ClF3N/c1-25-12-11-21-20-8-6-19(27)14-17(20)5-7-22(21)23(25)9-10-24(25)31-15-16-3-2-4-18(13-16)26(28,29)30/h2-4,6,8,13-14,21-24,31H,5,7,9-12,15H2,1H3/t21-,22-,23+,24+,25+/m1/s1. The van der Waals surface area contributed by atoms with Crippen molar-refractivity contribution in [2.45, 2.75) is 70.1 Å². The van der Waals surface area contributed by atoms with Gasteiger partial charge in [-0.05, 0) is 96.6 Å². The van der Waals surface area contributed by atoms with Crippen LogP contribution in [0.3, 0.4) is 0 Å². The van der Waals surface area contributed by atoms with Crippen LogP contribution in [0.1, 0.15) is 67.2 Å². The van der Waals surface area contributed by atoms with Crippen molar-refractivity contribution in [3.63, 3.8) is 0 Å². The van der Waals surface area contributed by atoms with Crippen LogP contribution in [0.2, 0.25) is 5.02 Å². The van der Waals surface area contributed by atoms with E-state index in [1.54, 1.807) is 6.07 Å². The van der Waals surface area contributed by atoms with E-state index in [1.807, 2.05) is 6.07 Å². The Bertz CT molecular complexity index is 971. The molecule has 2 fully saturated rings. The molecule has 3 aliphatic carbocycles. The minimum absolute atomic E-state index is 0.215. The highest BCUT2D eigenvalue weighted by Crippen LogP contribution is 2.61. The van der Waals surface area contributed by atoms with E-state index in [-0.39, 0.29) is 5.41 Å². The maximum Gasteiger partial charge on any atom is 0.416 e. The minimum atomic E-state index is -4.29. The zero-order valence-corrected chi connectivity index (χ0v) is 18.6. The van der Waals surface area contributed by atoms with Gasteiger partial charge in [-0.25, -0.2) is 0 Å². The fraction of sp³-hybridized carbons (Fsp3) is 0.538. The number of halogens is 4. The average Bonchev–Trinajstić information content (AvgIpc) is 3.08. The number of hydrogen-bond acceptors (Lipinski definition) is 1. The summed E-state index contributed by atoms with van der Waals surface area (Å²) in [5.74, 6) is 2.00. The van der Waals surface area contributed by atoms with E-state index >= 15 is 0 Å². The highest BCUT2D eigenvalue weighted by molar-refractivity contribution is 6.30. The maximum atomic E-state index is 13.0. The number of nitrogens with one attached hydrogen (secondary N) is 1. The largest absolute Gasteiger partial charge is 0.416 e. The van der Waals surface area contributed by atoms with Gasteiger partial charge in [0.15, 0.2) is 0 Å². The van der Waals surface area contributed by atoms with Gasteiger partial charge in [-0.2, -0.15) is 13.2 Å². The van der Waals surface area contributed by atoms with Gasteiger partial charge in [-0.15, -0.1) is 0 Å². The second-order valence-electron chi connectivity index (χ2n) is 10.0. The lowest BCUT2D eigenvalue weighted by atomic mass is 9.55. The highest BCUT2D eigenvalue weighted by Gasteiger charge is 2.54. The second kappa shape index (κ2) is 7.81. The average molecular weight is 448 g/mol. The fourth-order valence-electron chi connectivity index (χ4n) is 6.98. The summed E-state index contributed by atoms with van der Waals surface area (Å²) in [6.07, 6.45) is 2.71. The van der Waals surface area contributed by atoms with Gasteiger partial charge in [0, 0.05) is 17.6 Å². The number of fused-ring (bicyclic) bond motifs is 5. The summed E-state index contributed by atoms with van der Waals surface area (Å²) in [6, 6.07) is 12.5. The molecule has 5 rings (SSSR count). The fourth-order valence-corrected chi connectivity index (χ4v) is 7.18. The van der Waals surface area contributed by atoms with Gasteiger partial charge in [0.1, 0.15) is 0 Å². The van der Waals surface area contributed by atoms with E-state index in [4.69, 9.17) is 11.6 Å². The summed E-state index contributed by atoms with van der Waals surface area (Å²) in [6.45, 7) is 2.91. The SMILES string of the molecule is C[C@]12CC[C@@H]3c4ccc(Cl)cc4CC[C@H]3[C@@H]1CC[C@@H]2NCc1cccc(C(F)(F)F)c1. The van der Waals surface area contributed by atoms with E-state index in [1.165, 1.54) is 48.9 Å². The molecule has 5 atom stereocenters. The van der Waals surface area contributed by atoms with Crippen molar-refractivity contribution in [1.82, 2.24) is 5.32 Å². The zero-order valence-electron chi connectivity index (χ0n) is 17.8. The van der Waals surface area contributed by atoms with E-state index in [9.17, 15) is 13.2 Å². The quantitative estimate of drug-likeness (QED) is 0.517. The Morgan fingerprint density at radius 3 is 2.71 bits per heavy atom. The first kappa shape index (κ1) is 21.3. The van der Waals surface area contributed by atoms with Crippen LogP contribution in [-0.4, -0.2) is 6.04 Å². The van der Waals surface area contributed by atoms with Crippen molar-refractivity contribution in [1.29, 1.82) is 0 Å². The molecule has 0 radical (unpaired) electrons. The van der Waals surface area contributed by atoms with Gasteiger partial charge in [0.25, 0.3) is 0 Å². The van der Waals surface area contributed by atoms with Gasteiger partial charge in [0.2, 0.25) is 0 Å². The number of alkyl halides is 3. The molecule has 2 aromatic carbocycles. The molecule has 31 heavy (non-hydrogen) atoms. The van der Waals surface area contributed by atoms with Crippen LogP contribution in [0, 0.1) is 17.3 Å². The van der Waals surface area contributed by atoms with Crippen molar-refractivity contribution in [3.05, 3.63) is 69.7 Å². The summed E-state index contributed by atoms with van der Waals surface area (Å²) in [5.41, 5.74) is 3.28. The summed E-state index contributed by atoms with van der Waals surface area (Å²) in [4.78, 5) is 0. The molecule has 2 aromatic rings. The Labute approximate surface area is 187 Å². The molecular formula is C26H29ClF3N. The Morgan fingerprint density at radius 2 is 1.90 bits per heavy atom. The number of aryl methyl sites for hydroxylation is 1. The summed E-state index contributed by atoms with van der Waals surface area (Å²) in [7, 11) is 0. The summed E-state index contributed by atoms with van der Waals surface area (Å²) >= 11 is 6.23. The van der Waals surface area contributed by atoms with Crippen LogP contribution in [0.15, 0.2) is 42.5 Å². The zero-order chi connectivity index (χ0) is 21.8. The van der Waals surface area contributed by atoms with Crippen LogP contribution < -0.4 is 5.32 Å². The topological polar surface area (TPSA) is 12.0 Å². The molecule has 1 nitrogen and oxygen atoms in total. The molecule has 0 spiro atoms. The first-order chi connectivity index (χ1) is 14.8. The molecule has 0 aliphatic heterocycles. The van der Waals surface area contributed by atoms with Gasteiger partial charge in [-0.3, -0.25) is 0 Å². The molecule has 3 aliphatic rings. The normalized spacial score (nSPS) is 32.3. The van der Waals surface area contributed by atoms with Crippen LogP contribution in [0.25, 0.3) is 0 Å². The Morgan fingerprint density at radius 1 is 1.06 bits per heavy atom. The Balaban J connectivity index is 1.30. The van der Waals surface area contributed by atoms with E-state index in [0.29, 0.717) is 35.9 Å². The van der Waals surface area contributed by atoms with E-state index in [2.05, 4.69) is 24.4 Å². The van der Waals surface area contributed by atoms with Crippen molar-refractivity contribution < 1.29 is 13.2 Å². The van der Waals surface area contributed by atoms with Gasteiger partial charge in [0.05, 0.1) is 5.56 Å². The highest BCUT2D eigenvalue weighted by atomic mass is 35.5. The molecule has 0 amide bonds. The maximum absolute atomic E-state index is 13.0. The molecule has 0 aromatic heterocycles. The van der Waals surface area contributed by atoms with E-state index in [0.717, 1.165) is 23.9 Å². The van der Waals surface area contributed by atoms with Crippen LogP contribution in [-0.2, 0) is 19.1 Å². The van der Waals surface area contributed by atoms with Crippen molar-refractivity contribution in [3.8, 4) is 0 Å². The minimum Gasteiger partial charge on any atom is -0.309 e. The third kappa shape index (κ3) is 3.80. The number of benzene rings is 2. The lowest BCUT2D eigenvalue weighted by molar-refractivity contribution is -0.137. The molecular weight excluding hydrogens is 419 g/mol. The molecule has 0 saturated heterocycles. The number of rotatable bonds is 3. The summed E-state index contributed by atoms with van der Waals surface area (Å²) in [5, 5.41) is 4.48. The van der Waals surface area contributed by atoms with Crippen LogP contribution >= 0.6 is 11.6 Å². The molecule has 5 heteroatoms. The molecule has 0 heterocycles. The predicted octanol–water partition coefficient (Wildman–Crippen LogP) is 7.37. The molecule has 0 unspecified atom stereocenters. The van der Waals surface area contributed by atoms with Gasteiger partial charge in [-0.1, -0.05) is 42.8 Å². The van der Waals surface area contributed by atoms with Crippen molar-refractivity contribution >= 4 is 11.6 Å². The van der Waals surface area contributed by atoms with Crippen molar-refractivity contribution in [2.24, 2.45) is 17.3 Å². The lowest BCUT2D eigenvalue weighted by Gasteiger charge is -2.51. The Kier molecular flexibility index (Phi) is 5.37. The van der Waals surface area contributed by atoms with E-state index < -0.39 is 11.7 Å². The van der Waals surface area contributed by atoms with Crippen molar-refractivity contribution in [2.75, 3.05) is 0 Å².